The minimum absolute atomic E-state index is 0.152. The normalized spacial score (nSPS) is 10.7. The summed E-state index contributed by atoms with van der Waals surface area (Å²) in [6.07, 6.45) is 0. The number of nitrogens with zero attached hydrogens (tertiary/aromatic N) is 2. The van der Waals surface area contributed by atoms with E-state index in [9.17, 15) is 5.11 Å². The molecule has 0 spiro atoms. The number of methoxy groups -OCH3 is 2. The second-order valence-corrected chi connectivity index (χ2v) is 5.68. The Morgan fingerprint density at radius 1 is 1.04 bits per heavy atom. The van der Waals surface area contributed by atoms with Gasteiger partial charge in [0.05, 0.1) is 29.9 Å². The molecule has 3 aromatic rings. The number of nitrogens with two attached hydrogens (primary N) is 1. The third kappa shape index (κ3) is 2.75. The number of fused-ring (bicyclic) bond motifs is 1. The standard InChI is InChI=1S/C16H14BrN3O3/c1-22-13-6-9-11(7-14(13)23-2)19-16(18)20-15(9)8-3-4-12(21)10(17)5-8/h3-7,21H,1-2H3,(H2,18,19,20). The van der Waals surface area contributed by atoms with Gasteiger partial charge >= 0.3 is 0 Å². The summed E-state index contributed by atoms with van der Waals surface area (Å²) in [6.45, 7) is 0. The van der Waals surface area contributed by atoms with E-state index < -0.39 is 0 Å². The number of halogens is 1. The largest absolute Gasteiger partial charge is 0.507 e. The van der Waals surface area contributed by atoms with Crippen molar-refractivity contribution in [3.63, 3.8) is 0 Å². The third-order valence-electron chi connectivity index (χ3n) is 3.44. The molecule has 1 heterocycles. The van der Waals surface area contributed by atoms with Gasteiger partial charge in [-0.1, -0.05) is 0 Å². The van der Waals surface area contributed by atoms with Crippen molar-refractivity contribution in [3.8, 4) is 28.5 Å². The lowest BCUT2D eigenvalue weighted by molar-refractivity contribution is 0.356. The molecular formula is C16H14BrN3O3. The molecule has 3 rings (SSSR count). The second-order valence-electron chi connectivity index (χ2n) is 4.82. The fourth-order valence-electron chi connectivity index (χ4n) is 2.35. The number of anilines is 1. The maximum atomic E-state index is 9.67. The van der Waals surface area contributed by atoms with Gasteiger partial charge in [-0.15, -0.1) is 0 Å². The number of aromatic nitrogens is 2. The summed E-state index contributed by atoms with van der Waals surface area (Å²) < 4.78 is 11.2. The van der Waals surface area contributed by atoms with E-state index in [0.717, 1.165) is 10.9 Å². The fraction of sp³-hybridized carbons (Fsp3) is 0.125. The molecule has 0 atom stereocenters. The zero-order valence-corrected chi connectivity index (χ0v) is 14.1. The number of hydrogen-bond acceptors (Lipinski definition) is 6. The predicted molar refractivity (Wildman–Crippen MR) is 91.9 cm³/mol. The van der Waals surface area contributed by atoms with E-state index in [1.807, 2.05) is 6.07 Å². The fourth-order valence-corrected chi connectivity index (χ4v) is 2.73. The average molecular weight is 376 g/mol. The number of hydrogen-bond donors (Lipinski definition) is 2. The average Bonchev–Trinajstić information content (AvgIpc) is 2.55. The van der Waals surface area contributed by atoms with Crippen molar-refractivity contribution in [3.05, 3.63) is 34.8 Å². The van der Waals surface area contributed by atoms with Crippen LogP contribution in [0.25, 0.3) is 22.2 Å². The Morgan fingerprint density at radius 2 is 1.74 bits per heavy atom. The number of phenols is 1. The van der Waals surface area contributed by atoms with Crippen LogP contribution in [0, 0.1) is 0 Å². The Hall–Kier alpha value is -2.54. The van der Waals surface area contributed by atoms with Gasteiger partial charge in [0, 0.05) is 17.0 Å². The van der Waals surface area contributed by atoms with Gasteiger partial charge in [0.2, 0.25) is 5.95 Å². The monoisotopic (exact) mass is 375 g/mol. The Labute approximate surface area is 141 Å². The molecule has 0 aliphatic rings. The quantitative estimate of drug-likeness (QED) is 0.729. The molecule has 0 fully saturated rings. The van der Waals surface area contributed by atoms with Crippen molar-refractivity contribution >= 4 is 32.8 Å². The zero-order valence-electron chi connectivity index (χ0n) is 12.5. The van der Waals surface area contributed by atoms with E-state index in [1.165, 1.54) is 0 Å². The summed E-state index contributed by atoms with van der Waals surface area (Å²) in [5.74, 6) is 1.45. The van der Waals surface area contributed by atoms with Gasteiger partial charge in [-0.3, -0.25) is 0 Å². The molecule has 0 bridgehead atoms. The maximum Gasteiger partial charge on any atom is 0.221 e. The summed E-state index contributed by atoms with van der Waals surface area (Å²) in [7, 11) is 3.13. The van der Waals surface area contributed by atoms with Gasteiger partial charge in [0.15, 0.2) is 11.5 Å². The molecular weight excluding hydrogens is 362 g/mol. The number of nitrogen functional groups attached to an aromatic ring is 1. The first-order chi connectivity index (χ1) is 11.0. The first-order valence-corrected chi connectivity index (χ1v) is 7.51. The van der Waals surface area contributed by atoms with E-state index in [1.54, 1.807) is 38.5 Å². The number of benzene rings is 2. The van der Waals surface area contributed by atoms with Crippen molar-refractivity contribution in [2.45, 2.75) is 0 Å². The molecule has 0 aliphatic carbocycles. The molecule has 1 aromatic heterocycles. The molecule has 0 saturated heterocycles. The van der Waals surface area contributed by atoms with Crippen LogP contribution in [0.3, 0.4) is 0 Å². The van der Waals surface area contributed by atoms with Crippen LogP contribution in [-0.2, 0) is 0 Å². The highest BCUT2D eigenvalue weighted by Gasteiger charge is 2.14. The summed E-state index contributed by atoms with van der Waals surface area (Å²) >= 11 is 3.31. The van der Waals surface area contributed by atoms with Crippen LogP contribution in [0.15, 0.2) is 34.8 Å². The van der Waals surface area contributed by atoms with E-state index in [4.69, 9.17) is 15.2 Å². The number of rotatable bonds is 3. The SMILES string of the molecule is COc1cc2nc(N)nc(-c3ccc(O)c(Br)c3)c2cc1OC. The van der Waals surface area contributed by atoms with Crippen LogP contribution in [0.2, 0.25) is 0 Å². The minimum Gasteiger partial charge on any atom is -0.507 e. The molecule has 6 nitrogen and oxygen atoms in total. The molecule has 0 radical (unpaired) electrons. The summed E-state index contributed by atoms with van der Waals surface area (Å²) in [4.78, 5) is 8.60. The topological polar surface area (TPSA) is 90.5 Å². The number of aromatic hydroxyl groups is 1. The van der Waals surface area contributed by atoms with Gasteiger partial charge in [0.25, 0.3) is 0 Å². The van der Waals surface area contributed by atoms with Crippen LogP contribution >= 0.6 is 15.9 Å². The maximum absolute atomic E-state index is 9.67. The van der Waals surface area contributed by atoms with Crippen molar-refractivity contribution in [1.29, 1.82) is 0 Å². The number of phenolic OH excluding ortho intramolecular Hbond substituents is 1. The van der Waals surface area contributed by atoms with Crippen LogP contribution < -0.4 is 15.2 Å². The smallest absolute Gasteiger partial charge is 0.221 e. The van der Waals surface area contributed by atoms with E-state index in [-0.39, 0.29) is 11.7 Å². The summed E-state index contributed by atoms with van der Waals surface area (Å²) in [5, 5.41) is 10.4. The lowest BCUT2D eigenvalue weighted by Crippen LogP contribution is -1.99. The Balaban J connectivity index is 2.32. The summed E-state index contributed by atoms with van der Waals surface area (Å²) in [5.41, 5.74) is 7.92. The van der Waals surface area contributed by atoms with E-state index in [0.29, 0.717) is 27.2 Å². The predicted octanol–water partition coefficient (Wildman–Crippen LogP) is 3.36. The molecule has 2 aromatic carbocycles. The molecule has 0 aliphatic heterocycles. The van der Waals surface area contributed by atoms with Gasteiger partial charge < -0.3 is 20.3 Å². The lowest BCUT2D eigenvalue weighted by Gasteiger charge is -2.12. The zero-order chi connectivity index (χ0) is 16.6. The van der Waals surface area contributed by atoms with Gasteiger partial charge in [-0.2, -0.15) is 0 Å². The van der Waals surface area contributed by atoms with Gasteiger partial charge in [-0.05, 0) is 40.2 Å². The van der Waals surface area contributed by atoms with Crippen molar-refractivity contribution in [1.82, 2.24) is 9.97 Å². The molecule has 23 heavy (non-hydrogen) atoms. The molecule has 0 saturated carbocycles. The van der Waals surface area contributed by atoms with Crippen molar-refractivity contribution < 1.29 is 14.6 Å². The minimum atomic E-state index is 0.152. The highest BCUT2D eigenvalue weighted by molar-refractivity contribution is 9.10. The second kappa shape index (κ2) is 5.92. The Bertz CT molecular complexity index is 899. The van der Waals surface area contributed by atoms with Crippen molar-refractivity contribution in [2.75, 3.05) is 20.0 Å². The van der Waals surface area contributed by atoms with Crippen LogP contribution in [0.4, 0.5) is 5.95 Å². The highest BCUT2D eigenvalue weighted by Crippen LogP contribution is 2.37. The molecule has 3 N–H and O–H groups in total. The van der Waals surface area contributed by atoms with E-state index in [2.05, 4.69) is 25.9 Å². The highest BCUT2D eigenvalue weighted by atomic mass is 79.9. The molecule has 118 valence electrons. The first kappa shape index (κ1) is 15.4. The Kier molecular flexibility index (Phi) is 3.96. The molecule has 0 amide bonds. The van der Waals surface area contributed by atoms with Gasteiger partial charge in [-0.25, -0.2) is 9.97 Å². The number of ether oxygens (including phenoxy) is 2. The van der Waals surface area contributed by atoms with Crippen molar-refractivity contribution in [2.24, 2.45) is 0 Å². The van der Waals surface area contributed by atoms with Crippen LogP contribution in [-0.4, -0.2) is 29.3 Å². The van der Waals surface area contributed by atoms with Crippen LogP contribution in [0.1, 0.15) is 0 Å². The van der Waals surface area contributed by atoms with E-state index >= 15 is 0 Å². The van der Waals surface area contributed by atoms with Crippen LogP contribution in [0.5, 0.6) is 17.2 Å². The van der Waals surface area contributed by atoms with Gasteiger partial charge in [0.1, 0.15) is 5.75 Å². The third-order valence-corrected chi connectivity index (χ3v) is 4.07. The Morgan fingerprint density at radius 3 is 2.39 bits per heavy atom. The first-order valence-electron chi connectivity index (χ1n) is 6.71. The molecule has 7 heteroatoms. The lowest BCUT2D eigenvalue weighted by atomic mass is 10.1. The molecule has 0 unspecified atom stereocenters. The summed E-state index contributed by atoms with van der Waals surface area (Å²) in [6, 6.07) is 8.68.